The van der Waals surface area contributed by atoms with Crippen molar-refractivity contribution in [2.45, 2.75) is 38.1 Å². The van der Waals surface area contributed by atoms with E-state index in [0.29, 0.717) is 5.92 Å². The van der Waals surface area contributed by atoms with Crippen molar-refractivity contribution < 1.29 is 4.79 Å². The molecule has 4 aromatic rings. The van der Waals surface area contributed by atoms with Crippen LogP contribution in [0.25, 0.3) is 22.2 Å². The number of rotatable bonds is 2. The van der Waals surface area contributed by atoms with Gasteiger partial charge in [0.1, 0.15) is 0 Å². The van der Waals surface area contributed by atoms with Gasteiger partial charge in [0.25, 0.3) is 5.91 Å². The molecule has 1 saturated heterocycles. The van der Waals surface area contributed by atoms with E-state index in [-0.39, 0.29) is 17.4 Å². The third kappa shape index (κ3) is 2.82. The van der Waals surface area contributed by atoms with Crippen LogP contribution < -0.4 is 0 Å². The molecule has 160 valence electrons. The lowest BCUT2D eigenvalue weighted by molar-refractivity contribution is 0.0251. The predicted octanol–water partition coefficient (Wildman–Crippen LogP) is 5.59. The number of nitrogens with one attached hydrogen (secondary N) is 1. The Morgan fingerprint density at radius 2 is 1.91 bits per heavy atom. The highest BCUT2D eigenvalue weighted by molar-refractivity contribution is 5.97. The van der Waals surface area contributed by atoms with Crippen LogP contribution in [-0.2, 0) is 11.8 Å². The van der Waals surface area contributed by atoms with E-state index in [1.54, 1.807) is 6.33 Å². The lowest BCUT2D eigenvalue weighted by Gasteiger charge is -2.54. The van der Waals surface area contributed by atoms with Gasteiger partial charge in [0.2, 0.25) is 0 Å². The molecule has 0 spiro atoms. The molecule has 2 aliphatic rings. The fourth-order valence-electron chi connectivity index (χ4n) is 5.92. The Morgan fingerprint density at radius 1 is 1.06 bits per heavy atom. The molecule has 3 aromatic carbocycles. The van der Waals surface area contributed by atoms with Crippen molar-refractivity contribution >= 4 is 16.9 Å². The molecule has 2 unspecified atom stereocenters. The number of aromatic amines is 1. The minimum absolute atomic E-state index is 0.0765. The van der Waals surface area contributed by atoms with Crippen molar-refractivity contribution in [3.8, 4) is 11.1 Å². The number of imidazole rings is 1. The molecule has 1 aromatic heterocycles. The Hall–Kier alpha value is -3.40. The molecule has 32 heavy (non-hydrogen) atoms. The topological polar surface area (TPSA) is 49.0 Å². The SMILES string of the molecule is CC1C2Cc3ccc(-c4ccccc4)cc3[C@]1(C)CCN2C(=O)c1ccc2nc[nH]c2c1. The molecular weight excluding hydrogens is 394 g/mol. The smallest absolute Gasteiger partial charge is 0.254 e. The van der Waals surface area contributed by atoms with Gasteiger partial charge in [-0.05, 0) is 64.6 Å². The largest absolute Gasteiger partial charge is 0.345 e. The normalized spacial score (nSPS) is 24.4. The van der Waals surface area contributed by atoms with Gasteiger partial charge in [0.05, 0.1) is 17.4 Å². The molecular formula is C28H27N3O. The third-order valence-corrected chi connectivity index (χ3v) is 8.04. The molecule has 1 amide bonds. The molecule has 0 saturated carbocycles. The van der Waals surface area contributed by atoms with E-state index in [0.717, 1.165) is 36.0 Å². The Labute approximate surface area is 188 Å². The van der Waals surface area contributed by atoms with E-state index < -0.39 is 0 Å². The average molecular weight is 422 g/mol. The summed E-state index contributed by atoms with van der Waals surface area (Å²) in [6, 6.07) is 23.5. The van der Waals surface area contributed by atoms with E-state index in [9.17, 15) is 4.79 Å². The van der Waals surface area contributed by atoms with Crippen molar-refractivity contribution in [3.05, 3.63) is 89.7 Å². The number of H-pyrrole nitrogens is 1. The van der Waals surface area contributed by atoms with Crippen molar-refractivity contribution in [1.29, 1.82) is 0 Å². The number of carbonyl (C=O) groups excluding carboxylic acids is 1. The maximum Gasteiger partial charge on any atom is 0.254 e. The zero-order valence-electron chi connectivity index (χ0n) is 18.5. The number of piperidine rings is 1. The van der Waals surface area contributed by atoms with Crippen LogP contribution in [0.2, 0.25) is 0 Å². The first kappa shape index (κ1) is 19.3. The number of carbonyl (C=O) groups is 1. The quantitative estimate of drug-likeness (QED) is 0.458. The van der Waals surface area contributed by atoms with Gasteiger partial charge in [-0.15, -0.1) is 0 Å². The summed E-state index contributed by atoms with van der Waals surface area (Å²) in [5, 5.41) is 0. The van der Waals surface area contributed by atoms with Crippen molar-refractivity contribution in [2.75, 3.05) is 6.54 Å². The molecule has 3 atom stereocenters. The number of nitrogens with zero attached hydrogens (tertiary/aromatic N) is 2. The van der Waals surface area contributed by atoms with E-state index in [1.165, 1.54) is 22.3 Å². The molecule has 0 radical (unpaired) electrons. The molecule has 2 heterocycles. The summed E-state index contributed by atoms with van der Waals surface area (Å²) in [4.78, 5) is 23.1. The van der Waals surface area contributed by atoms with E-state index >= 15 is 0 Å². The summed E-state index contributed by atoms with van der Waals surface area (Å²) in [6.45, 7) is 5.52. The van der Waals surface area contributed by atoms with Gasteiger partial charge in [-0.25, -0.2) is 4.98 Å². The van der Waals surface area contributed by atoms with Gasteiger partial charge in [-0.2, -0.15) is 0 Å². The van der Waals surface area contributed by atoms with Crippen LogP contribution in [-0.4, -0.2) is 33.4 Å². The van der Waals surface area contributed by atoms with Gasteiger partial charge in [-0.3, -0.25) is 4.79 Å². The van der Waals surface area contributed by atoms with Crippen LogP contribution >= 0.6 is 0 Å². The average Bonchev–Trinajstić information content (AvgIpc) is 3.29. The van der Waals surface area contributed by atoms with Crippen molar-refractivity contribution in [3.63, 3.8) is 0 Å². The maximum atomic E-state index is 13.6. The van der Waals surface area contributed by atoms with Crippen LogP contribution in [0.5, 0.6) is 0 Å². The second kappa shape index (κ2) is 7.06. The highest BCUT2D eigenvalue weighted by Gasteiger charge is 2.49. The number of aromatic nitrogens is 2. The fraction of sp³-hybridized carbons (Fsp3) is 0.286. The van der Waals surface area contributed by atoms with Crippen LogP contribution in [0.4, 0.5) is 0 Å². The fourth-order valence-corrected chi connectivity index (χ4v) is 5.92. The number of amides is 1. The van der Waals surface area contributed by atoms with Gasteiger partial charge in [0.15, 0.2) is 0 Å². The van der Waals surface area contributed by atoms with Crippen molar-refractivity contribution in [2.24, 2.45) is 5.92 Å². The maximum absolute atomic E-state index is 13.6. The molecule has 1 fully saturated rings. The first-order chi connectivity index (χ1) is 15.5. The standard InChI is InChI=1S/C28H27N3O/c1-18-26-16-21-9-8-20(19-6-4-3-5-7-19)14-23(21)28(18,2)12-13-31(26)27(32)22-10-11-24-25(15-22)30-17-29-24/h3-11,14-15,17-18,26H,12-13,16H2,1-2H3,(H,29,30)/t18?,26?,28-/m1/s1. The van der Waals surface area contributed by atoms with Crippen LogP contribution in [0.15, 0.2) is 73.1 Å². The minimum atomic E-state index is 0.0765. The minimum Gasteiger partial charge on any atom is -0.345 e. The molecule has 6 rings (SSSR count). The monoisotopic (exact) mass is 421 g/mol. The van der Waals surface area contributed by atoms with Gasteiger partial charge in [-0.1, -0.05) is 62.4 Å². The summed E-state index contributed by atoms with van der Waals surface area (Å²) in [7, 11) is 0. The summed E-state index contributed by atoms with van der Waals surface area (Å²) in [6.07, 6.45) is 3.57. The second-order valence-corrected chi connectivity index (χ2v) is 9.60. The highest BCUT2D eigenvalue weighted by atomic mass is 16.2. The summed E-state index contributed by atoms with van der Waals surface area (Å²) < 4.78 is 0. The van der Waals surface area contributed by atoms with Crippen LogP contribution in [0.3, 0.4) is 0 Å². The molecule has 1 aliphatic heterocycles. The molecule has 4 heteroatoms. The van der Waals surface area contributed by atoms with Gasteiger partial charge >= 0.3 is 0 Å². The number of hydrogen-bond donors (Lipinski definition) is 1. The molecule has 4 nitrogen and oxygen atoms in total. The van der Waals surface area contributed by atoms with Gasteiger partial charge in [0, 0.05) is 18.2 Å². The molecule has 1 aliphatic carbocycles. The number of hydrogen-bond acceptors (Lipinski definition) is 2. The van der Waals surface area contributed by atoms with Crippen LogP contribution in [0.1, 0.15) is 41.8 Å². The molecule has 2 bridgehead atoms. The lowest BCUT2D eigenvalue weighted by Crippen LogP contribution is -2.59. The lowest BCUT2D eigenvalue weighted by atomic mass is 9.58. The first-order valence-electron chi connectivity index (χ1n) is 11.5. The number of fused-ring (bicyclic) bond motifs is 5. The zero-order chi connectivity index (χ0) is 21.9. The van der Waals surface area contributed by atoms with Gasteiger partial charge < -0.3 is 9.88 Å². The highest BCUT2D eigenvalue weighted by Crippen LogP contribution is 2.49. The van der Waals surface area contributed by atoms with Crippen molar-refractivity contribution in [1.82, 2.24) is 14.9 Å². The Balaban J connectivity index is 1.36. The number of benzene rings is 3. The van der Waals surface area contributed by atoms with E-state index in [1.807, 2.05) is 18.2 Å². The number of likely N-dealkylation sites (tertiary alicyclic amines) is 1. The summed E-state index contributed by atoms with van der Waals surface area (Å²) >= 11 is 0. The Bertz CT molecular complexity index is 1330. The Kier molecular flexibility index (Phi) is 4.26. The summed E-state index contributed by atoms with van der Waals surface area (Å²) in [5.74, 6) is 0.527. The Morgan fingerprint density at radius 3 is 2.75 bits per heavy atom. The second-order valence-electron chi connectivity index (χ2n) is 9.60. The predicted molar refractivity (Wildman–Crippen MR) is 128 cm³/mol. The van der Waals surface area contributed by atoms with E-state index in [4.69, 9.17) is 0 Å². The molecule has 1 N–H and O–H groups in total. The zero-order valence-corrected chi connectivity index (χ0v) is 18.5. The van der Waals surface area contributed by atoms with Crippen LogP contribution in [0, 0.1) is 5.92 Å². The summed E-state index contributed by atoms with van der Waals surface area (Å²) in [5.41, 5.74) is 8.01. The van der Waals surface area contributed by atoms with E-state index in [2.05, 4.69) is 77.2 Å². The first-order valence-corrected chi connectivity index (χ1v) is 11.5. The third-order valence-electron chi connectivity index (χ3n) is 8.04.